The van der Waals surface area contributed by atoms with Crippen molar-refractivity contribution in [3.8, 4) is 0 Å². The van der Waals surface area contributed by atoms with Gasteiger partial charge in [-0.1, -0.05) is 37.3 Å². The van der Waals surface area contributed by atoms with Crippen molar-refractivity contribution >= 4 is 59.9 Å². The molecule has 27 heavy (non-hydrogen) atoms. The van der Waals surface area contributed by atoms with E-state index in [-0.39, 0.29) is 12.0 Å². The highest BCUT2D eigenvalue weighted by molar-refractivity contribution is 9.11. The average Bonchev–Trinajstić information content (AvgIpc) is 3.38. The van der Waals surface area contributed by atoms with Crippen molar-refractivity contribution in [2.45, 2.75) is 38.7 Å². The zero-order chi connectivity index (χ0) is 19.0. The Kier molecular flexibility index (Phi) is 5.64. The molecule has 0 aliphatic carbocycles. The summed E-state index contributed by atoms with van der Waals surface area (Å²) in [5.74, 6) is 0.380. The van der Waals surface area contributed by atoms with Gasteiger partial charge >= 0.3 is 0 Å². The molecule has 0 spiro atoms. The van der Waals surface area contributed by atoms with E-state index < -0.39 is 0 Å². The van der Waals surface area contributed by atoms with E-state index in [0.29, 0.717) is 17.3 Å². The van der Waals surface area contributed by atoms with E-state index in [1.54, 1.807) is 11.3 Å². The minimum absolute atomic E-state index is 0.00801. The second-order valence-electron chi connectivity index (χ2n) is 7.00. The van der Waals surface area contributed by atoms with Crippen LogP contribution in [-0.2, 0) is 4.74 Å². The van der Waals surface area contributed by atoms with Gasteiger partial charge in [0.1, 0.15) is 0 Å². The van der Waals surface area contributed by atoms with Gasteiger partial charge < -0.3 is 4.74 Å². The molecular weight excluding hydrogens is 444 g/mol. The molecule has 1 fully saturated rings. The lowest BCUT2D eigenvalue weighted by molar-refractivity contribution is 0.0920. The SMILES string of the molecule is CC(C)c1cccc2sc(N(CC3CCCO3)C(=O)c3ccc(Br)s3)nc12. The van der Waals surface area contributed by atoms with Gasteiger partial charge in [-0.3, -0.25) is 9.69 Å². The largest absolute Gasteiger partial charge is 0.376 e. The molecule has 3 aromatic rings. The molecule has 4 rings (SSSR count). The number of para-hydroxylation sites is 1. The molecule has 142 valence electrons. The summed E-state index contributed by atoms with van der Waals surface area (Å²) in [5.41, 5.74) is 2.23. The fraction of sp³-hybridized carbons (Fsp3) is 0.400. The Hall–Kier alpha value is -1.28. The van der Waals surface area contributed by atoms with Gasteiger partial charge in [0.2, 0.25) is 0 Å². The predicted octanol–water partition coefficient (Wildman–Crippen LogP) is 6.07. The molecule has 1 aliphatic rings. The van der Waals surface area contributed by atoms with Crippen LogP contribution in [0.2, 0.25) is 0 Å². The first-order valence-corrected chi connectivity index (χ1v) is 11.5. The number of hydrogen-bond donors (Lipinski definition) is 0. The number of aromatic nitrogens is 1. The smallest absolute Gasteiger partial charge is 0.270 e. The van der Waals surface area contributed by atoms with Gasteiger partial charge in [0.15, 0.2) is 5.13 Å². The van der Waals surface area contributed by atoms with Gasteiger partial charge in [0, 0.05) is 6.61 Å². The zero-order valence-corrected chi connectivity index (χ0v) is 18.5. The van der Waals surface area contributed by atoms with Gasteiger partial charge in [0.05, 0.1) is 31.5 Å². The molecule has 0 bridgehead atoms. The summed E-state index contributed by atoms with van der Waals surface area (Å²) in [6.07, 6.45) is 2.11. The number of fused-ring (bicyclic) bond motifs is 1. The second-order valence-corrected chi connectivity index (χ2v) is 10.5. The zero-order valence-electron chi connectivity index (χ0n) is 15.3. The van der Waals surface area contributed by atoms with Crippen LogP contribution in [0.3, 0.4) is 0 Å². The Morgan fingerprint density at radius 2 is 2.19 bits per heavy atom. The van der Waals surface area contributed by atoms with E-state index in [9.17, 15) is 4.79 Å². The van der Waals surface area contributed by atoms with Crippen molar-refractivity contribution in [2.24, 2.45) is 0 Å². The maximum atomic E-state index is 13.3. The molecule has 0 N–H and O–H groups in total. The predicted molar refractivity (Wildman–Crippen MR) is 116 cm³/mol. The third-order valence-electron chi connectivity index (χ3n) is 4.73. The summed E-state index contributed by atoms with van der Waals surface area (Å²) in [6.45, 7) is 5.66. The van der Waals surface area contributed by atoms with Crippen molar-refractivity contribution in [3.05, 3.63) is 44.6 Å². The fourth-order valence-electron chi connectivity index (χ4n) is 3.34. The maximum absolute atomic E-state index is 13.3. The molecule has 0 radical (unpaired) electrons. The lowest BCUT2D eigenvalue weighted by atomic mass is 10.0. The molecule has 2 aromatic heterocycles. The van der Waals surface area contributed by atoms with Crippen LogP contribution in [0.25, 0.3) is 10.2 Å². The molecule has 1 atom stereocenters. The van der Waals surface area contributed by atoms with E-state index in [0.717, 1.165) is 38.6 Å². The summed E-state index contributed by atoms with van der Waals surface area (Å²) in [6, 6.07) is 10.1. The molecular formula is C20H21BrN2O2S2. The quantitative estimate of drug-likeness (QED) is 0.459. The van der Waals surface area contributed by atoms with Gasteiger partial charge in [0.25, 0.3) is 5.91 Å². The van der Waals surface area contributed by atoms with Crippen LogP contribution in [0.15, 0.2) is 34.1 Å². The van der Waals surface area contributed by atoms with Gasteiger partial charge in [-0.25, -0.2) is 4.98 Å². The fourth-order valence-corrected chi connectivity index (χ4v) is 5.68. The number of anilines is 1. The van der Waals surface area contributed by atoms with E-state index in [1.165, 1.54) is 16.9 Å². The number of hydrogen-bond acceptors (Lipinski definition) is 5. The highest BCUT2D eigenvalue weighted by Gasteiger charge is 2.28. The minimum Gasteiger partial charge on any atom is -0.376 e. The van der Waals surface area contributed by atoms with Crippen molar-refractivity contribution in [2.75, 3.05) is 18.1 Å². The number of nitrogens with zero attached hydrogens (tertiary/aromatic N) is 2. The van der Waals surface area contributed by atoms with E-state index in [1.807, 2.05) is 17.0 Å². The highest BCUT2D eigenvalue weighted by Crippen LogP contribution is 2.35. The Balaban J connectivity index is 1.74. The molecule has 1 aliphatic heterocycles. The molecule has 1 aromatic carbocycles. The summed E-state index contributed by atoms with van der Waals surface area (Å²) in [4.78, 5) is 20.7. The summed E-state index contributed by atoms with van der Waals surface area (Å²) < 4.78 is 7.88. The topological polar surface area (TPSA) is 42.4 Å². The number of halogens is 1. The third-order valence-corrected chi connectivity index (χ3v) is 7.39. The Morgan fingerprint density at radius 3 is 2.85 bits per heavy atom. The number of carbonyl (C=O) groups excluding carboxylic acids is 1. The number of rotatable bonds is 5. The number of amides is 1. The van der Waals surface area contributed by atoms with Gasteiger partial charge in [-0.2, -0.15) is 0 Å². The van der Waals surface area contributed by atoms with Crippen molar-refractivity contribution < 1.29 is 9.53 Å². The lowest BCUT2D eigenvalue weighted by Crippen LogP contribution is -2.37. The van der Waals surface area contributed by atoms with Crippen LogP contribution in [0, 0.1) is 0 Å². The van der Waals surface area contributed by atoms with E-state index in [2.05, 4.69) is 48.0 Å². The summed E-state index contributed by atoms with van der Waals surface area (Å²) >= 11 is 6.49. The molecule has 1 saturated heterocycles. The number of carbonyl (C=O) groups is 1. The number of ether oxygens (including phenoxy) is 1. The average molecular weight is 465 g/mol. The highest BCUT2D eigenvalue weighted by atomic mass is 79.9. The van der Waals surface area contributed by atoms with Gasteiger partial charge in [-0.05, 0) is 58.5 Å². The van der Waals surface area contributed by atoms with Crippen LogP contribution in [0.5, 0.6) is 0 Å². The van der Waals surface area contributed by atoms with Crippen molar-refractivity contribution in [1.82, 2.24) is 4.98 Å². The van der Waals surface area contributed by atoms with Crippen LogP contribution in [-0.4, -0.2) is 30.1 Å². The van der Waals surface area contributed by atoms with Crippen LogP contribution in [0.1, 0.15) is 47.8 Å². The van der Waals surface area contributed by atoms with Crippen LogP contribution >= 0.6 is 38.6 Å². The minimum atomic E-state index is -0.00801. The second kappa shape index (κ2) is 7.99. The number of benzene rings is 1. The standard InChI is InChI=1S/C20H21BrN2O2S2/c1-12(2)14-6-3-7-15-18(14)22-20(27-15)23(11-13-5-4-10-25-13)19(24)16-8-9-17(21)26-16/h3,6-9,12-13H,4-5,10-11H2,1-2H3. The first-order valence-electron chi connectivity index (χ1n) is 9.11. The first kappa shape index (κ1) is 19.1. The number of thiophene rings is 1. The van der Waals surface area contributed by atoms with Crippen molar-refractivity contribution in [3.63, 3.8) is 0 Å². The monoisotopic (exact) mass is 464 g/mol. The third kappa shape index (κ3) is 3.97. The van der Waals surface area contributed by atoms with Crippen LogP contribution < -0.4 is 4.90 Å². The van der Waals surface area contributed by atoms with Crippen LogP contribution in [0.4, 0.5) is 5.13 Å². The molecule has 1 amide bonds. The summed E-state index contributed by atoms with van der Waals surface area (Å²) in [5, 5.41) is 0.753. The van der Waals surface area contributed by atoms with E-state index >= 15 is 0 Å². The Bertz CT molecular complexity index is 960. The van der Waals surface area contributed by atoms with E-state index in [4.69, 9.17) is 9.72 Å². The molecule has 4 nitrogen and oxygen atoms in total. The molecule has 3 heterocycles. The molecule has 0 saturated carbocycles. The van der Waals surface area contributed by atoms with Gasteiger partial charge in [-0.15, -0.1) is 11.3 Å². The lowest BCUT2D eigenvalue weighted by Gasteiger charge is -2.22. The maximum Gasteiger partial charge on any atom is 0.270 e. The Morgan fingerprint density at radius 1 is 1.33 bits per heavy atom. The normalized spacial score (nSPS) is 17.1. The first-order chi connectivity index (χ1) is 13.0. The molecule has 1 unspecified atom stereocenters. The number of thiazole rings is 1. The summed E-state index contributed by atoms with van der Waals surface area (Å²) in [7, 11) is 0. The Labute approximate surface area is 175 Å². The molecule has 7 heteroatoms. The van der Waals surface area contributed by atoms with Crippen molar-refractivity contribution in [1.29, 1.82) is 0 Å².